The first-order valence-corrected chi connectivity index (χ1v) is 10.9. The van der Waals surface area contributed by atoms with Crippen molar-refractivity contribution >= 4 is 40.0 Å². The quantitative estimate of drug-likeness (QED) is 0.545. The molecule has 0 unspecified atom stereocenters. The van der Waals surface area contributed by atoms with Crippen LogP contribution in [0.2, 0.25) is 0 Å². The molecule has 0 saturated heterocycles. The van der Waals surface area contributed by atoms with Crippen molar-refractivity contribution in [1.29, 1.82) is 0 Å². The maximum Gasteiger partial charge on any atom is 0.341 e. The number of carbonyl (C=O) groups is 2. The number of nitrogens with zero attached hydrogens (tertiary/aromatic N) is 1. The van der Waals surface area contributed by atoms with E-state index in [0.717, 1.165) is 40.6 Å². The van der Waals surface area contributed by atoms with E-state index < -0.39 is 0 Å². The van der Waals surface area contributed by atoms with Crippen LogP contribution in [0.25, 0.3) is 0 Å². The van der Waals surface area contributed by atoms with Gasteiger partial charge in [0, 0.05) is 22.9 Å². The Morgan fingerprint density at radius 3 is 2.71 bits per heavy atom. The van der Waals surface area contributed by atoms with Crippen LogP contribution in [0.3, 0.4) is 0 Å². The predicted molar refractivity (Wildman–Crippen MR) is 113 cm³/mol. The molecule has 150 valence electrons. The van der Waals surface area contributed by atoms with Crippen LogP contribution in [0.1, 0.15) is 27.7 Å². The minimum atomic E-state index is -0.359. The van der Waals surface area contributed by atoms with Crippen LogP contribution < -0.4 is 10.1 Å². The summed E-state index contributed by atoms with van der Waals surface area (Å²) in [5, 5.41) is 3.53. The molecule has 28 heavy (non-hydrogen) atoms. The van der Waals surface area contributed by atoms with Crippen molar-refractivity contribution in [3.05, 3.63) is 40.3 Å². The Hall–Kier alpha value is -2.03. The first kappa shape index (κ1) is 20.7. The topological polar surface area (TPSA) is 67.9 Å². The minimum absolute atomic E-state index is 0.140. The van der Waals surface area contributed by atoms with Crippen molar-refractivity contribution in [2.75, 3.05) is 38.4 Å². The van der Waals surface area contributed by atoms with Crippen LogP contribution >= 0.6 is 23.1 Å². The zero-order chi connectivity index (χ0) is 20.1. The smallest absolute Gasteiger partial charge is 0.341 e. The zero-order valence-corrected chi connectivity index (χ0v) is 17.9. The summed E-state index contributed by atoms with van der Waals surface area (Å²) in [6.07, 6.45) is 0.785. The Morgan fingerprint density at radius 1 is 1.29 bits per heavy atom. The van der Waals surface area contributed by atoms with Crippen LogP contribution in [-0.4, -0.2) is 49.8 Å². The third-order valence-electron chi connectivity index (χ3n) is 4.41. The summed E-state index contributed by atoms with van der Waals surface area (Å²) in [6.45, 7) is 3.76. The fraction of sp³-hybridized carbons (Fsp3) is 0.400. The van der Waals surface area contributed by atoms with E-state index in [1.165, 1.54) is 23.1 Å². The summed E-state index contributed by atoms with van der Waals surface area (Å²) in [4.78, 5) is 29.3. The molecule has 6 nitrogen and oxygen atoms in total. The fourth-order valence-corrected chi connectivity index (χ4v) is 5.05. The van der Waals surface area contributed by atoms with Crippen molar-refractivity contribution in [3.8, 4) is 5.75 Å². The van der Waals surface area contributed by atoms with E-state index in [9.17, 15) is 9.59 Å². The molecule has 2 aromatic rings. The highest BCUT2D eigenvalue weighted by atomic mass is 32.2. The predicted octanol–water partition coefficient (Wildman–Crippen LogP) is 3.65. The second-order valence-electron chi connectivity index (χ2n) is 6.43. The van der Waals surface area contributed by atoms with Crippen molar-refractivity contribution in [3.63, 3.8) is 0 Å². The second-order valence-corrected chi connectivity index (χ2v) is 8.58. The highest BCUT2D eigenvalue weighted by Gasteiger charge is 2.28. The number of amides is 1. The van der Waals surface area contributed by atoms with E-state index in [0.29, 0.717) is 17.2 Å². The molecule has 1 aromatic heterocycles. The van der Waals surface area contributed by atoms with E-state index in [4.69, 9.17) is 9.47 Å². The van der Waals surface area contributed by atoms with E-state index in [1.54, 1.807) is 14.0 Å². The summed E-state index contributed by atoms with van der Waals surface area (Å²) >= 11 is 2.91. The monoisotopic (exact) mass is 420 g/mol. The molecule has 0 aliphatic carbocycles. The molecule has 0 saturated carbocycles. The van der Waals surface area contributed by atoms with Crippen molar-refractivity contribution in [2.24, 2.45) is 0 Å². The number of thiophene rings is 1. The van der Waals surface area contributed by atoms with Gasteiger partial charge in [-0.15, -0.1) is 23.1 Å². The van der Waals surface area contributed by atoms with Crippen molar-refractivity contribution in [1.82, 2.24) is 4.90 Å². The molecule has 8 heteroatoms. The van der Waals surface area contributed by atoms with Gasteiger partial charge in [-0.2, -0.15) is 0 Å². The number of benzene rings is 1. The highest BCUT2D eigenvalue weighted by Crippen LogP contribution is 2.37. The number of fused-ring (bicyclic) bond motifs is 1. The molecule has 1 amide bonds. The van der Waals surface area contributed by atoms with E-state index in [1.807, 2.05) is 24.3 Å². The maximum atomic E-state index is 12.5. The lowest BCUT2D eigenvalue weighted by Crippen LogP contribution is -2.26. The second kappa shape index (κ2) is 9.45. The van der Waals surface area contributed by atoms with E-state index >= 15 is 0 Å². The maximum absolute atomic E-state index is 12.5. The average Bonchev–Trinajstić information content (AvgIpc) is 3.03. The van der Waals surface area contributed by atoms with Crippen LogP contribution in [0.15, 0.2) is 29.2 Å². The van der Waals surface area contributed by atoms with Gasteiger partial charge < -0.3 is 19.7 Å². The molecule has 2 heterocycles. The Balaban J connectivity index is 1.71. The van der Waals surface area contributed by atoms with Gasteiger partial charge in [-0.1, -0.05) is 0 Å². The first-order valence-electron chi connectivity index (χ1n) is 9.08. The van der Waals surface area contributed by atoms with Crippen molar-refractivity contribution < 1.29 is 19.1 Å². The molecule has 1 N–H and O–H groups in total. The summed E-state index contributed by atoms with van der Waals surface area (Å²) in [5.74, 6) is 0.542. The molecule has 3 rings (SSSR count). The summed E-state index contributed by atoms with van der Waals surface area (Å²) < 4.78 is 10.4. The Kier molecular flexibility index (Phi) is 6.98. The van der Waals surface area contributed by atoms with Crippen LogP contribution in [0, 0.1) is 0 Å². The zero-order valence-electron chi connectivity index (χ0n) is 16.2. The van der Waals surface area contributed by atoms with Gasteiger partial charge >= 0.3 is 5.97 Å². The molecule has 1 aromatic carbocycles. The Morgan fingerprint density at radius 2 is 2.04 bits per heavy atom. The lowest BCUT2D eigenvalue weighted by molar-refractivity contribution is -0.113. The number of ether oxygens (including phenoxy) is 2. The SMILES string of the molecule is CCOC(=O)c1c(NC(=O)CSc2ccc(OC)cc2)sc2c1CCN(C)C2. The molecule has 0 fully saturated rings. The van der Waals surface area contributed by atoms with Gasteiger partial charge in [-0.3, -0.25) is 4.79 Å². The first-order chi connectivity index (χ1) is 13.5. The molecule has 1 aliphatic heterocycles. The Labute approximate surface area is 173 Å². The minimum Gasteiger partial charge on any atom is -0.497 e. The third kappa shape index (κ3) is 4.87. The van der Waals surface area contributed by atoms with Gasteiger partial charge in [0.2, 0.25) is 5.91 Å². The number of carbonyl (C=O) groups excluding carboxylic acids is 2. The number of likely N-dealkylation sites (N-methyl/N-ethyl adjacent to an activating group) is 1. The molecule has 0 bridgehead atoms. The van der Waals surface area contributed by atoms with Gasteiger partial charge in [-0.05, 0) is 50.2 Å². The van der Waals surface area contributed by atoms with Crippen LogP contribution in [-0.2, 0) is 22.5 Å². The van der Waals surface area contributed by atoms with Crippen molar-refractivity contribution in [2.45, 2.75) is 24.8 Å². The molecule has 0 atom stereocenters. The largest absolute Gasteiger partial charge is 0.497 e. The number of thioether (sulfide) groups is 1. The molecule has 0 spiro atoms. The van der Waals surface area contributed by atoms with Crippen LogP contribution in [0.5, 0.6) is 5.75 Å². The lowest BCUT2D eigenvalue weighted by atomic mass is 10.0. The van der Waals surface area contributed by atoms with Gasteiger partial charge in [0.1, 0.15) is 10.8 Å². The van der Waals surface area contributed by atoms with Crippen LogP contribution in [0.4, 0.5) is 5.00 Å². The molecular formula is C20H24N2O4S2. The molecule has 0 radical (unpaired) electrons. The van der Waals surface area contributed by atoms with E-state index in [2.05, 4.69) is 17.3 Å². The van der Waals surface area contributed by atoms with Gasteiger partial charge in [0.05, 0.1) is 25.0 Å². The third-order valence-corrected chi connectivity index (χ3v) is 6.55. The number of hydrogen-bond acceptors (Lipinski definition) is 7. The number of rotatable bonds is 7. The lowest BCUT2D eigenvalue weighted by Gasteiger charge is -2.22. The van der Waals surface area contributed by atoms with Gasteiger partial charge in [0.25, 0.3) is 0 Å². The van der Waals surface area contributed by atoms with Gasteiger partial charge in [0.15, 0.2) is 0 Å². The van der Waals surface area contributed by atoms with Gasteiger partial charge in [-0.25, -0.2) is 4.79 Å². The Bertz CT molecular complexity index is 849. The summed E-state index contributed by atoms with van der Waals surface area (Å²) in [6, 6.07) is 7.56. The average molecular weight is 421 g/mol. The number of nitrogens with one attached hydrogen (secondary N) is 1. The fourth-order valence-electron chi connectivity index (χ4n) is 3.02. The normalized spacial score (nSPS) is 13.7. The highest BCUT2D eigenvalue weighted by molar-refractivity contribution is 8.00. The summed E-state index contributed by atoms with van der Waals surface area (Å²) in [5.41, 5.74) is 1.54. The molecular weight excluding hydrogens is 396 g/mol. The number of esters is 1. The van der Waals surface area contributed by atoms with E-state index in [-0.39, 0.29) is 17.6 Å². The number of anilines is 1. The number of methoxy groups -OCH3 is 1. The number of hydrogen-bond donors (Lipinski definition) is 1. The summed E-state index contributed by atoms with van der Waals surface area (Å²) in [7, 11) is 3.67. The molecule has 1 aliphatic rings. The standard InChI is InChI=1S/C20H24N2O4S2/c1-4-26-20(24)18-15-9-10-22(2)11-16(15)28-19(18)21-17(23)12-27-14-7-5-13(25-3)6-8-14/h5-8H,4,9-12H2,1-3H3,(H,21,23).